The van der Waals surface area contributed by atoms with E-state index in [9.17, 15) is 4.39 Å². The molecule has 0 aliphatic carbocycles. The monoisotopic (exact) mass is 351 g/mol. The molecule has 3 nitrogen and oxygen atoms in total. The molecule has 0 unspecified atom stereocenters. The van der Waals surface area contributed by atoms with Crippen LogP contribution in [0.1, 0.15) is 29.8 Å². The zero-order valence-electron chi connectivity index (χ0n) is 15.6. The van der Waals surface area contributed by atoms with Crippen LogP contribution in [0.2, 0.25) is 0 Å². The highest BCUT2D eigenvalue weighted by Crippen LogP contribution is 2.25. The Morgan fingerprint density at radius 1 is 1.08 bits per heavy atom. The number of rotatable bonds is 4. The van der Waals surface area contributed by atoms with E-state index < -0.39 is 0 Å². The summed E-state index contributed by atoms with van der Waals surface area (Å²) >= 11 is 0. The van der Waals surface area contributed by atoms with Crippen LogP contribution in [-0.4, -0.2) is 27.5 Å². The van der Waals surface area contributed by atoms with E-state index in [2.05, 4.69) is 41.6 Å². The molecule has 4 rings (SSSR count). The minimum absolute atomic E-state index is 0.162. The van der Waals surface area contributed by atoms with Crippen molar-refractivity contribution >= 4 is 11.0 Å². The molecule has 4 heteroatoms. The quantitative estimate of drug-likeness (QED) is 0.691. The van der Waals surface area contributed by atoms with E-state index in [4.69, 9.17) is 4.98 Å². The first-order valence-corrected chi connectivity index (χ1v) is 9.48. The maximum atomic E-state index is 13.0. The maximum Gasteiger partial charge on any atom is 0.123 e. The van der Waals surface area contributed by atoms with Gasteiger partial charge in [-0.25, -0.2) is 9.37 Å². The molecule has 1 aromatic heterocycles. The van der Waals surface area contributed by atoms with Crippen molar-refractivity contribution < 1.29 is 4.39 Å². The lowest BCUT2D eigenvalue weighted by Crippen LogP contribution is -2.34. The molecule has 3 aromatic rings. The van der Waals surface area contributed by atoms with Crippen molar-refractivity contribution in [3.63, 3.8) is 0 Å². The summed E-state index contributed by atoms with van der Waals surface area (Å²) in [5, 5.41) is 0. The third-order valence-electron chi connectivity index (χ3n) is 5.69. The fourth-order valence-electron chi connectivity index (χ4n) is 4.15. The first-order valence-electron chi connectivity index (χ1n) is 9.48. The lowest BCUT2D eigenvalue weighted by atomic mass is 9.93. The van der Waals surface area contributed by atoms with E-state index in [1.165, 1.54) is 35.3 Å². The lowest BCUT2D eigenvalue weighted by Gasteiger charge is -2.31. The van der Waals surface area contributed by atoms with Crippen LogP contribution in [0.4, 0.5) is 4.39 Å². The number of para-hydroxylation sites is 1. The molecule has 0 amide bonds. The van der Waals surface area contributed by atoms with Gasteiger partial charge in [0.25, 0.3) is 0 Å². The fraction of sp³-hybridized carbons (Fsp3) is 0.409. The van der Waals surface area contributed by atoms with Crippen molar-refractivity contribution in [1.29, 1.82) is 0 Å². The summed E-state index contributed by atoms with van der Waals surface area (Å²) < 4.78 is 15.3. The molecule has 0 atom stereocenters. The van der Waals surface area contributed by atoms with Crippen molar-refractivity contribution in [2.75, 3.05) is 13.1 Å². The second-order valence-corrected chi connectivity index (χ2v) is 7.58. The average molecular weight is 351 g/mol. The number of nitrogens with zero attached hydrogens (tertiary/aromatic N) is 3. The van der Waals surface area contributed by atoms with Gasteiger partial charge in [0.15, 0.2) is 0 Å². The number of aromatic nitrogens is 2. The van der Waals surface area contributed by atoms with Crippen molar-refractivity contribution in [1.82, 2.24) is 14.5 Å². The van der Waals surface area contributed by atoms with Crippen LogP contribution in [0.3, 0.4) is 0 Å². The van der Waals surface area contributed by atoms with Crippen LogP contribution in [-0.2, 0) is 20.0 Å². The Bertz CT molecular complexity index is 890. The number of imidazole rings is 1. The molecular formula is C22H26FN3. The van der Waals surface area contributed by atoms with Crippen LogP contribution in [0, 0.1) is 18.7 Å². The summed E-state index contributed by atoms with van der Waals surface area (Å²) in [6.07, 6.45) is 3.45. The Morgan fingerprint density at radius 3 is 2.50 bits per heavy atom. The molecule has 2 heterocycles. The van der Waals surface area contributed by atoms with Crippen molar-refractivity contribution in [2.24, 2.45) is 13.0 Å². The van der Waals surface area contributed by atoms with Gasteiger partial charge in [0.05, 0.1) is 11.0 Å². The summed E-state index contributed by atoms with van der Waals surface area (Å²) in [4.78, 5) is 7.35. The van der Waals surface area contributed by atoms with Crippen LogP contribution < -0.4 is 0 Å². The predicted molar refractivity (Wildman–Crippen MR) is 104 cm³/mol. The largest absolute Gasteiger partial charge is 0.331 e. The maximum absolute atomic E-state index is 13.0. The van der Waals surface area contributed by atoms with Gasteiger partial charge in [-0.1, -0.05) is 24.3 Å². The Balaban J connectivity index is 1.37. The Labute approximate surface area is 154 Å². The minimum atomic E-state index is -0.162. The van der Waals surface area contributed by atoms with Crippen LogP contribution in [0.15, 0.2) is 42.5 Å². The first kappa shape index (κ1) is 17.2. The summed E-state index contributed by atoms with van der Waals surface area (Å²) in [5.74, 6) is 1.73. The van der Waals surface area contributed by atoms with E-state index in [1.54, 1.807) is 12.1 Å². The Morgan fingerprint density at radius 2 is 1.81 bits per heavy atom. The molecule has 0 saturated carbocycles. The topological polar surface area (TPSA) is 21.1 Å². The van der Waals surface area contributed by atoms with E-state index in [-0.39, 0.29) is 5.82 Å². The standard InChI is InChI=1S/C22H26FN3/c1-16-4-3-5-20-22(16)25(2)21(24-20)14-17-10-12-26(13-11-17)15-18-6-8-19(23)9-7-18/h3-9,17H,10-15H2,1-2H3. The number of likely N-dealkylation sites (tertiary alicyclic amines) is 1. The van der Waals surface area contributed by atoms with Gasteiger partial charge in [0.2, 0.25) is 0 Å². The molecule has 1 saturated heterocycles. The highest BCUT2D eigenvalue weighted by Gasteiger charge is 2.22. The van der Waals surface area contributed by atoms with E-state index in [1.807, 2.05) is 12.1 Å². The molecule has 0 spiro atoms. The molecule has 0 radical (unpaired) electrons. The van der Waals surface area contributed by atoms with E-state index in [0.29, 0.717) is 5.92 Å². The smallest absolute Gasteiger partial charge is 0.123 e. The van der Waals surface area contributed by atoms with Gasteiger partial charge in [-0.2, -0.15) is 0 Å². The molecule has 26 heavy (non-hydrogen) atoms. The number of halogens is 1. The summed E-state index contributed by atoms with van der Waals surface area (Å²) in [7, 11) is 2.14. The molecule has 2 aromatic carbocycles. The van der Waals surface area contributed by atoms with Crippen LogP contribution >= 0.6 is 0 Å². The van der Waals surface area contributed by atoms with Gasteiger partial charge in [0, 0.05) is 20.0 Å². The zero-order valence-corrected chi connectivity index (χ0v) is 15.6. The number of fused-ring (bicyclic) bond motifs is 1. The number of aryl methyl sites for hydroxylation is 2. The van der Waals surface area contributed by atoms with Gasteiger partial charge in [-0.3, -0.25) is 4.90 Å². The number of hydrogen-bond acceptors (Lipinski definition) is 2. The van der Waals surface area contributed by atoms with Gasteiger partial charge >= 0.3 is 0 Å². The van der Waals surface area contributed by atoms with Crippen LogP contribution in [0.25, 0.3) is 11.0 Å². The van der Waals surface area contributed by atoms with Gasteiger partial charge < -0.3 is 4.57 Å². The van der Waals surface area contributed by atoms with Crippen LogP contribution in [0.5, 0.6) is 0 Å². The summed E-state index contributed by atoms with van der Waals surface area (Å²) in [6.45, 7) is 5.27. The number of hydrogen-bond donors (Lipinski definition) is 0. The molecular weight excluding hydrogens is 325 g/mol. The highest BCUT2D eigenvalue weighted by atomic mass is 19.1. The minimum Gasteiger partial charge on any atom is -0.331 e. The Hall–Kier alpha value is -2.20. The third kappa shape index (κ3) is 3.51. The Kier molecular flexibility index (Phi) is 4.77. The molecule has 1 aliphatic rings. The first-order chi connectivity index (χ1) is 12.6. The molecule has 1 aliphatic heterocycles. The molecule has 0 N–H and O–H groups in total. The van der Waals surface area contributed by atoms with Gasteiger partial charge in [0.1, 0.15) is 11.6 Å². The SMILES string of the molecule is Cc1cccc2nc(CC3CCN(Cc4ccc(F)cc4)CC3)n(C)c12. The molecule has 0 bridgehead atoms. The van der Waals surface area contributed by atoms with E-state index in [0.717, 1.165) is 31.6 Å². The van der Waals surface area contributed by atoms with Crippen molar-refractivity contribution in [3.05, 3.63) is 65.2 Å². The normalized spacial score (nSPS) is 16.4. The lowest BCUT2D eigenvalue weighted by molar-refractivity contribution is 0.175. The second-order valence-electron chi connectivity index (χ2n) is 7.58. The second kappa shape index (κ2) is 7.20. The van der Waals surface area contributed by atoms with Gasteiger partial charge in [-0.05, 0) is 68.1 Å². The van der Waals surface area contributed by atoms with Crippen molar-refractivity contribution in [3.8, 4) is 0 Å². The van der Waals surface area contributed by atoms with Gasteiger partial charge in [-0.15, -0.1) is 0 Å². The number of benzene rings is 2. The zero-order chi connectivity index (χ0) is 18.1. The molecule has 1 fully saturated rings. The van der Waals surface area contributed by atoms with Crippen molar-refractivity contribution in [2.45, 2.75) is 32.7 Å². The summed E-state index contributed by atoms with van der Waals surface area (Å²) in [6, 6.07) is 13.2. The predicted octanol–water partition coefficient (Wildman–Crippen LogP) is 4.48. The van der Waals surface area contributed by atoms with E-state index >= 15 is 0 Å². The molecule has 136 valence electrons. The highest BCUT2D eigenvalue weighted by molar-refractivity contribution is 5.79. The third-order valence-corrected chi connectivity index (χ3v) is 5.69. The number of piperidine rings is 1. The summed E-state index contributed by atoms with van der Waals surface area (Å²) in [5.41, 5.74) is 4.85. The fourth-order valence-corrected chi connectivity index (χ4v) is 4.15. The average Bonchev–Trinajstić information content (AvgIpc) is 2.96.